The van der Waals surface area contributed by atoms with Crippen LogP contribution in [0.3, 0.4) is 0 Å². The molecule has 1 aliphatic rings. The van der Waals surface area contributed by atoms with E-state index >= 15 is 0 Å². The number of aliphatic hydroxyl groups is 1. The summed E-state index contributed by atoms with van der Waals surface area (Å²) in [5, 5.41) is 9.41. The predicted octanol–water partition coefficient (Wildman–Crippen LogP) is 1.69. The summed E-state index contributed by atoms with van der Waals surface area (Å²) in [4.78, 5) is 13.6. The first-order valence-electron chi connectivity index (χ1n) is 6.57. The molecule has 1 amide bonds. The van der Waals surface area contributed by atoms with Crippen molar-refractivity contribution in [1.29, 1.82) is 0 Å². The quantitative estimate of drug-likeness (QED) is 0.839. The van der Waals surface area contributed by atoms with E-state index in [0.29, 0.717) is 26.1 Å². The van der Waals surface area contributed by atoms with Gasteiger partial charge < -0.3 is 14.7 Å². The Kier molecular flexibility index (Phi) is 4.58. The summed E-state index contributed by atoms with van der Waals surface area (Å²) in [5.74, 6) is 0.707. The molecule has 0 saturated carbocycles. The maximum absolute atomic E-state index is 11.9. The molecule has 102 valence electrons. The summed E-state index contributed by atoms with van der Waals surface area (Å²) in [6.07, 6.45) is 3.58. The normalized spacial score (nSPS) is 19.1. The minimum absolute atomic E-state index is 0.0668. The number of nitrogens with zero attached hydrogens (tertiary/aromatic N) is 1. The zero-order valence-corrected chi connectivity index (χ0v) is 11.1. The monoisotopic (exact) mass is 261 g/mol. The molecule has 1 heterocycles. The molecule has 2 rings (SSSR count). The number of hydrogen-bond acceptors (Lipinski definition) is 3. The van der Waals surface area contributed by atoms with E-state index in [0.717, 1.165) is 11.3 Å². The Balaban J connectivity index is 2.04. The van der Waals surface area contributed by atoms with Gasteiger partial charge in [0, 0.05) is 24.7 Å². The van der Waals surface area contributed by atoms with Gasteiger partial charge in [0.2, 0.25) is 5.91 Å². The summed E-state index contributed by atoms with van der Waals surface area (Å²) in [6.45, 7) is 3.57. The Hall–Kier alpha value is -1.81. The van der Waals surface area contributed by atoms with Crippen LogP contribution in [0, 0.1) is 0 Å². The van der Waals surface area contributed by atoms with Gasteiger partial charge in [-0.3, -0.25) is 4.79 Å². The first kappa shape index (κ1) is 13.6. The van der Waals surface area contributed by atoms with E-state index in [2.05, 4.69) is 0 Å². The molecule has 1 aromatic carbocycles. The summed E-state index contributed by atoms with van der Waals surface area (Å²) in [5.41, 5.74) is 0.887. The van der Waals surface area contributed by atoms with Gasteiger partial charge in [-0.1, -0.05) is 18.2 Å². The third kappa shape index (κ3) is 3.58. The zero-order chi connectivity index (χ0) is 13.7. The zero-order valence-electron chi connectivity index (χ0n) is 11.1. The number of ether oxygens (including phenoxy) is 1. The largest absolute Gasteiger partial charge is 0.493 e. The average molecular weight is 261 g/mol. The van der Waals surface area contributed by atoms with Crippen molar-refractivity contribution < 1.29 is 14.6 Å². The smallest absolute Gasteiger partial charge is 0.246 e. The number of rotatable bonds is 4. The molecule has 1 saturated heterocycles. The molecule has 4 nitrogen and oxygen atoms in total. The van der Waals surface area contributed by atoms with Gasteiger partial charge in [-0.2, -0.15) is 0 Å². The van der Waals surface area contributed by atoms with Crippen LogP contribution in [0.4, 0.5) is 0 Å². The van der Waals surface area contributed by atoms with E-state index in [1.165, 1.54) is 6.08 Å². The molecule has 1 fully saturated rings. The number of β-amino-alcohol motifs (C(OH)–C–C–N with tert-alkyl or cyclic N) is 1. The standard InChI is InChI=1S/C15H19NO3/c1-2-19-14-6-4-3-5-12(14)7-8-15(18)16-10-9-13(17)11-16/h3-8,13,17H,2,9-11H2,1H3/t13-/m1/s1. The molecule has 0 aliphatic carbocycles. The number of aliphatic hydroxyl groups excluding tert-OH is 1. The molecular formula is C15H19NO3. The lowest BCUT2D eigenvalue weighted by Gasteiger charge is -2.12. The lowest BCUT2D eigenvalue weighted by atomic mass is 10.2. The van der Waals surface area contributed by atoms with Crippen LogP contribution in [0.25, 0.3) is 6.08 Å². The highest BCUT2D eigenvalue weighted by Crippen LogP contribution is 2.19. The second-order valence-corrected chi connectivity index (χ2v) is 4.53. The van der Waals surface area contributed by atoms with Crippen molar-refractivity contribution in [3.05, 3.63) is 35.9 Å². The van der Waals surface area contributed by atoms with Crippen LogP contribution in [0.5, 0.6) is 5.75 Å². The van der Waals surface area contributed by atoms with E-state index in [1.54, 1.807) is 11.0 Å². The predicted molar refractivity (Wildman–Crippen MR) is 73.8 cm³/mol. The first-order chi connectivity index (χ1) is 9.20. The van der Waals surface area contributed by atoms with Crippen LogP contribution < -0.4 is 4.74 Å². The van der Waals surface area contributed by atoms with Crippen molar-refractivity contribution in [1.82, 2.24) is 4.90 Å². The van der Waals surface area contributed by atoms with Crippen LogP contribution >= 0.6 is 0 Å². The lowest BCUT2D eigenvalue weighted by molar-refractivity contribution is -0.125. The first-order valence-corrected chi connectivity index (χ1v) is 6.57. The summed E-state index contributed by atoms with van der Waals surface area (Å²) in [7, 11) is 0. The van der Waals surface area contributed by atoms with Crippen molar-refractivity contribution in [2.24, 2.45) is 0 Å². The van der Waals surface area contributed by atoms with Crippen molar-refractivity contribution >= 4 is 12.0 Å². The number of amides is 1. The molecule has 1 atom stereocenters. The second-order valence-electron chi connectivity index (χ2n) is 4.53. The van der Waals surface area contributed by atoms with Gasteiger partial charge in [0.05, 0.1) is 12.7 Å². The summed E-state index contributed by atoms with van der Waals surface area (Å²) in [6, 6.07) is 7.61. The number of para-hydroxylation sites is 1. The van der Waals surface area contributed by atoms with Crippen LogP contribution in [0.2, 0.25) is 0 Å². The van der Waals surface area contributed by atoms with Gasteiger partial charge in [-0.15, -0.1) is 0 Å². The number of carbonyl (C=O) groups excluding carboxylic acids is 1. The molecule has 0 spiro atoms. The Bertz CT molecular complexity index is 470. The Morgan fingerprint density at radius 3 is 3.00 bits per heavy atom. The molecule has 0 bridgehead atoms. The topological polar surface area (TPSA) is 49.8 Å². The van der Waals surface area contributed by atoms with Gasteiger partial charge in [0.1, 0.15) is 5.75 Å². The van der Waals surface area contributed by atoms with Crippen molar-refractivity contribution in [2.45, 2.75) is 19.4 Å². The maximum atomic E-state index is 11.9. The fraction of sp³-hybridized carbons (Fsp3) is 0.400. The van der Waals surface area contributed by atoms with Gasteiger partial charge >= 0.3 is 0 Å². The highest BCUT2D eigenvalue weighted by Gasteiger charge is 2.22. The van der Waals surface area contributed by atoms with E-state index in [1.807, 2.05) is 31.2 Å². The molecule has 0 radical (unpaired) electrons. The lowest BCUT2D eigenvalue weighted by Crippen LogP contribution is -2.27. The van der Waals surface area contributed by atoms with Crippen molar-refractivity contribution in [2.75, 3.05) is 19.7 Å². The van der Waals surface area contributed by atoms with Crippen LogP contribution in [-0.2, 0) is 4.79 Å². The molecular weight excluding hydrogens is 242 g/mol. The van der Waals surface area contributed by atoms with Crippen LogP contribution in [0.1, 0.15) is 18.9 Å². The summed E-state index contributed by atoms with van der Waals surface area (Å²) >= 11 is 0. The Morgan fingerprint density at radius 2 is 2.32 bits per heavy atom. The van der Waals surface area contributed by atoms with E-state index in [-0.39, 0.29) is 12.0 Å². The van der Waals surface area contributed by atoms with Crippen molar-refractivity contribution in [3.8, 4) is 5.75 Å². The van der Waals surface area contributed by atoms with Crippen LogP contribution in [0.15, 0.2) is 30.3 Å². The molecule has 19 heavy (non-hydrogen) atoms. The molecule has 0 unspecified atom stereocenters. The Morgan fingerprint density at radius 1 is 1.53 bits per heavy atom. The number of carbonyl (C=O) groups is 1. The number of likely N-dealkylation sites (tertiary alicyclic amines) is 1. The van der Waals surface area contributed by atoms with Crippen LogP contribution in [-0.4, -0.2) is 41.7 Å². The van der Waals surface area contributed by atoms with Gasteiger partial charge in [0.25, 0.3) is 0 Å². The third-order valence-corrected chi connectivity index (χ3v) is 3.10. The van der Waals surface area contributed by atoms with E-state index < -0.39 is 0 Å². The van der Waals surface area contributed by atoms with Crippen molar-refractivity contribution in [3.63, 3.8) is 0 Å². The Labute approximate surface area is 113 Å². The van der Waals surface area contributed by atoms with E-state index in [9.17, 15) is 9.90 Å². The second kappa shape index (κ2) is 6.38. The minimum Gasteiger partial charge on any atom is -0.493 e. The molecule has 0 aromatic heterocycles. The maximum Gasteiger partial charge on any atom is 0.246 e. The minimum atomic E-state index is -0.381. The number of benzene rings is 1. The fourth-order valence-corrected chi connectivity index (χ4v) is 2.11. The number of hydrogen-bond donors (Lipinski definition) is 1. The summed E-state index contributed by atoms with van der Waals surface area (Å²) < 4.78 is 5.50. The highest BCUT2D eigenvalue weighted by atomic mass is 16.5. The SMILES string of the molecule is CCOc1ccccc1C=CC(=O)N1CC[C@@H](O)C1. The molecule has 1 aromatic rings. The average Bonchev–Trinajstić information content (AvgIpc) is 2.84. The molecule has 1 aliphatic heterocycles. The highest BCUT2D eigenvalue weighted by molar-refractivity contribution is 5.92. The van der Waals surface area contributed by atoms with E-state index in [4.69, 9.17) is 4.74 Å². The van der Waals surface area contributed by atoms with Gasteiger partial charge in [-0.05, 0) is 25.5 Å². The fourth-order valence-electron chi connectivity index (χ4n) is 2.11. The van der Waals surface area contributed by atoms with Gasteiger partial charge in [0.15, 0.2) is 0 Å². The third-order valence-electron chi connectivity index (χ3n) is 3.10. The van der Waals surface area contributed by atoms with Gasteiger partial charge in [-0.25, -0.2) is 0 Å². The molecule has 4 heteroatoms. The molecule has 1 N–H and O–H groups in total.